The number of hydrogen-bond acceptors (Lipinski definition) is 5. The zero-order valence-corrected chi connectivity index (χ0v) is 13.9. The second-order valence-electron chi connectivity index (χ2n) is 5.58. The zero-order valence-electron chi connectivity index (χ0n) is 12.2. The summed E-state index contributed by atoms with van der Waals surface area (Å²) >= 11 is 3.33. The number of rotatable bonds is 5. The van der Waals surface area contributed by atoms with E-state index in [-0.39, 0.29) is 0 Å². The van der Waals surface area contributed by atoms with E-state index in [9.17, 15) is 0 Å². The fraction of sp³-hybridized carbons (Fsp3) is 0.312. The van der Waals surface area contributed by atoms with Gasteiger partial charge in [0.1, 0.15) is 10.8 Å². The van der Waals surface area contributed by atoms with Crippen molar-refractivity contribution < 1.29 is 0 Å². The molecule has 1 N–H and O–H groups in total. The maximum atomic E-state index is 4.71. The van der Waals surface area contributed by atoms with Crippen LogP contribution >= 0.6 is 23.1 Å². The molecule has 0 spiro atoms. The van der Waals surface area contributed by atoms with Crippen molar-refractivity contribution in [1.82, 2.24) is 20.2 Å². The molecule has 2 heterocycles. The monoisotopic (exact) mass is 328 g/mol. The molecule has 2 aromatic heterocycles. The number of thioether (sulfide) groups is 1. The molecule has 0 saturated heterocycles. The highest BCUT2D eigenvalue weighted by Gasteiger charge is 2.27. The number of aromatic amines is 1. The highest BCUT2D eigenvalue weighted by Crippen LogP contribution is 2.38. The molecular formula is C16H16N4S2. The quantitative estimate of drug-likeness (QED) is 0.705. The molecule has 1 fully saturated rings. The average molecular weight is 328 g/mol. The van der Waals surface area contributed by atoms with Crippen LogP contribution in [-0.2, 0) is 5.75 Å². The van der Waals surface area contributed by atoms with Crippen molar-refractivity contribution in [2.24, 2.45) is 0 Å². The standard InChI is InChI=1S/C16H16N4S2/c1-10-2-4-12(5-3-10)15-17-13(8-21-15)9-22-16-18-14(19-20-16)11-6-7-11/h2-5,8,11H,6-7,9H2,1H3,(H,18,19,20). The average Bonchev–Trinajstić information content (AvgIpc) is 3.09. The van der Waals surface area contributed by atoms with Crippen LogP contribution in [0, 0.1) is 6.92 Å². The molecule has 0 amide bonds. The molecular weight excluding hydrogens is 312 g/mol. The Hall–Kier alpha value is -1.66. The Morgan fingerprint density at radius 3 is 2.82 bits per heavy atom. The molecule has 4 rings (SSSR count). The van der Waals surface area contributed by atoms with E-state index < -0.39 is 0 Å². The van der Waals surface area contributed by atoms with Crippen LogP contribution < -0.4 is 0 Å². The van der Waals surface area contributed by atoms with Gasteiger partial charge in [-0.15, -0.1) is 16.4 Å². The summed E-state index contributed by atoms with van der Waals surface area (Å²) in [5.74, 6) is 2.47. The second-order valence-corrected chi connectivity index (χ2v) is 7.38. The molecule has 0 unspecified atom stereocenters. The Morgan fingerprint density at radius 2 is 2.05 bits per heavy atom. The Bertz CT molecular complexity index is 772. The van der Waals surface area contributed by atoms with Crippen LogP contribution in [-0.4, -0.2) is 20.2 Å². The van der Waals surface area contributed by atoms with E-state index in [1.807, 2.05) is 0 Å². The maximum Gasteiger partial charge on any atom is 0.208 e. The summed E-state index contributed by atoms with van der Waals surface area (Å²) in [4.78, 5) is 9.25. The van der Waals surface area contributed by atoms with E-state index >= 15 is 0 Å². The number of benzene rings is 1. The van der Waals surface area contributed by atoms with E-state index in [2.05, 4.69) is 51.8 Å². The third kappa shape index (κ3) is 3.08. The molecule has 22 heavy (non-hydrogen) atoms. The lowest BCUT2D eigenvalue weighted by molar-refractivity contribution is 0.932. The van der Waals surface area contributed by atoms with Gasteiger partial charge >= 0.3 is 0 Å². The Kier molecular flexibility index (Phi) is 3.72. The number of aryl methyl sites for hydroxylation is 1. The minimum absolute atomic E-state index is 0.620. The van der Waals surface area contributed by atoms with Crippen LogP contribution in [0.5, 0.6) is 0 Å². The highest BCUT2D eigenvalue weighted by molar-refractivity contribution is 7.98. The van der Waals surface area contributed by atoms with Crippen molar-refractivity contribution in [2.75, 3.05) is 0 Å². The van der Waals surface area contributed by atoms with Gasteiger partial charge < -0.3 is 0 Å². The minimum atomic E-state index is 0.620. The van der Waals surface area contributed by atoms with Gasteiger partial charge in [-0.2, -0.15) is 0 Å². The van der Waals surface area contributed by atoms with Gasteiger partial charge in [0.05, 0.1) is 5.69 Å². The number of H-pyrrole nitrogens is 1. The van der Waals surface area contributed by atoms with Gasteiger partial charge in [0, 0.05) is 22.6 Å². The summed E-state index contributed by atoms with van der Waals surface area (Å²) in [6.45, 7) is 2.10. The first-order valence-corrected chi connectivity index (χ1v) is 9.21. The number of hydrogen-bond donors (Lipinski definition) is 1. The topological polar surface area (TPSA) is 54.5 Å². The van der Waals surface area contributed by atoms with Crippen molar-refractivity contribution in [2.45, 2.75) is 36.6 Å². The first-order chi connectivity index (χ1) is 10.8. The first kappa shape index (κ1) is 14.0. The van der Waals surface area contributed by atoms with E-state index in [0.717, 1.165) is 27.4 Å². The predicted octanol–water partition coefficient (Wildman–Crippen LogP) is 4.41. The van der Waals surface area contributed by atoms with Crippen molar-refractivity contribution in [3.63, 3.8) is 0 Å². The molecule has 1 aliphatic rings. The maximum absolute atomic E-state index is 4.71. The molecule has 3 aromatic rings. The largest absolute Gasteiger partial charge is 0.262 e. The second kappa shape index (κ2) is 5.85. The van der Waals surface area contributed by atoms with Crippen molar-refractivity contribution in [3.05, 3.63) is 46.7 Å². The smallest absolute Gasteiger partial charge is 0.208 e. The summed E-state index contributed by atoms with van der Waals surface area (Å²) in [6.07, 6.45) is 2.48. The molecule has 6 heteroatoms. The SMILES string of the molecule is Cc1ccc(-c2nc(CSc3n[nH]c(C4CC4)n3)cs2)cc1. The molecule has 4 nitrogen and oxygen atoms in total. The zero-order chi connectivity index (χ0) is 14.9. The Balaban J connectivity index is 1.41. The normalized spacial score (nSPS) is 14.4. The molecule has 1 aromatic carbocycles. The number of nitrogens with one attached hydrogen (secondary N) is 1. The summed E-state index contributed by atoms with van der Waals surface area (Å²) in [6, 6.07) is 8.50. The van der Waals surface area contributed by atoms with Gasteiger partial charge in [-0.1, -0.05) is 41.6 Å². The Labute approximate surface area is 137 Å². The third-order valence-electron chi connectivity index (χ3n) is 3.65. The summed E-state index contributed by atoms with van der Waals surface area (Å²) in [5.41, 5.74) is 3.54. The summed E-state index contributed by atoms with van der Waals surface area (Å²) in [7, 11) is 0. The fourth-order valence-electron chi connectivity index (χ4n) is 2.20. The number of thiazole rings is 1. The van der Waals surface area contributed by atoms with Crippen molar-refractivity contribution >= 4 is 23.1 Å². The lowest BCUT2D eigenvalue weighted by atomic mass is 10.2. The molecule has 112 valence electrons. The van der Waals surface area contributed by atoms with E-state index in [4.69, 9.17) is 4.98 Å². The van der Waals surface area contributed by atoms with Crippen molar-refractivity contribution in [3.8, 4) is 10.6 Å². The lowest BCUT2D eigenvalue weighted by Crippen LogP contribution is -1.84. The Morgan fingerprint density at radius 1 is 1.23 bits per heavy atom. The molecule has 0 atom stereocenters. The van der Waals surface area contributed by atoms with E-state index in [1.54, 1.807) is 23.1 Å². The fourth-order valence-corrected chi connectivity index (χ4v) is 3.83. The van der Waals surface area contributed by atoms with Crippen LogP contribution in [0.4, 0.5) is 0 Å². The summed E-state index contributed by atoms with van der Waals surface area (Å²) in [5, 5.41) is 11.3. The van der Waals surface area contributed by atoms with Gasteiger partial charge in [0.15, 0.2) is 0 Å². The van der Waals surface area contributed by atoms with Crippen molar-refractivity contribution in [1.29, 1.82) is 0 Å². The van der Waals surface area contributed by atoms with Gasteiger partial charge in [-0.05, 0) is 19.8 Å². The van der Waals surface area contributed by atoms with Crippen LogP contribution in [0.25, 0.3) is 10.6 Å². The first-order valence-electron chi connectivity index (χ1n) is 7.34. The van der Waals surface area contributed by atoms with Crippen LogP contribution in [0.3, 0.4) is 0 Å². The van der Waals surface area contributed by atoms with Gasteiger partial charge in [0.2, 0.25) is 5.16 Å². The van der Waals surface area contributed by atoms with Crippen LogP contribution in [0.15, 0.2) is 34.8 Å². The van der Waals surface area contributed by atoms with Gasteiger partial charge in [0.25, 0.3) is 0 Å². The van der Waals surface area contributed by atoms with Crippen LogP contribution in [0.2, 0.25) is 0 Å². The molecule has 0 aliphatic heterocycles. The molecule has 1 aliphatic carbocycles. The highest BCUT2D eigenvalue weighted by atomic mass is 32.2. The molecule has 0 radical (unpaired) electrons. The number of aromatic nitrogens is 4. The van der Waals surface area contributed by atoms with Crippen LogP contribution in [0.1, 0.15) is 35.8 Å². The summed E-state index contributed by atoms with van der Waals surface area (Å²) < 4.78 is 0. The molecule has 1 saturated carbocycles. The van der Waals surface area contributed by atoms with Gasteiger partial charge in [-0.25, -0.2) is 9.97 Å². The minimum Gasteiger partial charge on any atom is -0.262 e. The molecule has 0 bridgehead atoms. The van der Waals surface area contributed by atoms with E-state index in [1.165, 1.54) is 24.0 Å². The lowest BCUT2D eigenvalue weighted by Gasteiger charge is -1.97. The van der Waals surface area contributed by atoms with Gasteiger partial charge in [-0.3, -0.25) is 5.10 Å². The number of nitrogens with zero attached hydrogens (tertiary/aromatic N) is 3. The third-order valence-corrected chi connectivity index (χ3v) is 5.47. The predicted molar refractivity (Wildman–Crippen MR) is 90.2 cm³/mol. The van der Waals surface area contributed by atoms with E-state index in [0.29, 0.717) is 5.92 Å².